The highest BCUT2D eigenvalue weighted by atomic mass is 16.1. The third-order valence-electron chi connectivity index (χ3n) is 5.16. The summed E-state index contributed by atoms with van der Waals surface area (Å²) >= 11 is 0. The van der Waals surface area contributed by atoms with Gasteiger partial charge in [-0.15, -0.1) is 0 Å². The van der Waals surface area contributed by atoms with Gasteiger partial charge in [0.1, 0.15) is 5.82 Å². The minimum atomic E-state index is 0.0150. The number of nitrogens with one attached hydrogen (secondary N) is 2. The van der Waals surface area contributed by atoms with Gasteiger partial charge in [-0.25, -0.2) is 4.98 Å². The average molecular weight is 402 g/mol. The lowest BCUT2D eigenvalue weighted by atomic mass is 10.1. The predicted molar refractivity (Wildman–Crippen MR) is 121 cm³/mol. The zero-order valence-electron chi connectivity index (χ0n) is 17.3. The van der Waals surface area contributed by atoms with E-state index in [0.29, 0.717) is 6.42 Å². The first-order chi connectivity index (χ1) is 14.7. The Morgan fingerprint density at radius 2 is 1.67 bits per heavy atom. The number of carbonyl (C=O) groups is 1. The third kappa shape index (κ3) is 5.35. The lowest BCUT2D eigenvalue weighted by Crippen LogP contribution is -2.21. The minimum absolute atomic E-state index is 0.0150. The quantitative estimate of drug-likeness (QED) is 0.600. The molecular weight excluding hydrogens is 374 g/mol. The lowest BCUT2D eigenvalue weighted by molar-refractivity contribution is -0.116. The van der Waals surface area contributed by atoms with Gasteiger partial charge in [0.2, 0.25) is 11.9 Å². The van der Waals surface area contributed by atoms with Crippen molar-refractivity contribution in [2.75, 3.05) is 28.6 Å². The van der Waals surface area contributed by atoms with E-state index >= 15 is 0 Å². The Hall–Kier alpha value is -3.41. The van der Waals surface area contributed by atoms with E-state index in [9.17, 15) is 4.79 Å². The van der Waals surface area contributed by atoms with Crippen molar-refractivity contribution in [2.24, 2.45) is 0 Å². The van der Waals surface area contributed by atoms with Gasteiger partial charge in [0.25, 0.3) is 0 Å². The van der Waals surface area contributed by atoms with E-state index in [1.807, 2.05) is 67.6 Å². The number of aryl methyl sites for hydroxylation is 2. The van der Waals surface area contributed by atoms with E-state index in [1.54, 1.807) is 0 Å². The van der Waals surface area contributed by atoms with Gasteiger partial charge in [-0.05, 0) is 56.0 Å². The molecule has 2 N–H and O–H groups in total. The molecule has 0 spiro atoms. The average Bonchev–Trinajstić information content (AvgIpc) is 3.29. The number of anilines is 4. The van der Waals surface area contributed by atoms with Gasteiger partial charge in [0.05, 0.1) is 0 Å². The number of nitrogens with zero attached hydrogens (tertiary/aromatic N) is 3. The second-order valence-electron chi connectivity index (χ2n) is 7.62. The number of amides is 1. The normalized spacial score (nSPS) is 13.3. The largest absolute Gasteiger partial charge is 0.341 e. The molecule has 2 heterocycles. The maximum atomic E-state index is 12.2. The molecule has 0 radical (unpaired) electrons. The molecule has 0 atom stereocenters. The van der Waals surface area contributed by atoms with Crippen LogP contribution < -0.4 is 15.5 Å². The molecule has 0 aliphatic carbocycles. The Morgan fingerprint density at radius 3 is 2.40 bits per heavy atom. The second-order valence-corrected chi connectivity index (χ2v) is 7.62. The fourth-order valence-corrected chi connectivity index (χ4v) is 3.59. The molecule has 1 aliphatic rings. The SMILES string of the molecule is Cc1cc(Nc2ccc(NC(=O)CCc3ccccc3)cc2)nc(N2CCCC2)n1. The number of carbonyl (C=O) groups excluding carboxylic acids is 1. The molecule has 1 aromatic heterocycles. The van der Waals surface area contributed by atoms with Crippen molar-refractivity contribution in [3.63, 3.8) is 0 Å². The Balaban J connectivity index is 1.34. The van der Waals surface area contributed by atoms with Crippen LogP contribution in [0.2, 0.25) is 0 Å². The highest BCUT2D eigenvalue weighted by molar-refractivity contribution is 5.91. The Labute approximate surface area is 177 Å². The first-order valence-corrected chi connectivity index (χ1v) is 10.5. The molecule has 6 nitrogen and oxygen atoms in total. The topological polar surface area (TPSA) is 70.2 Å². The Morgan fingerprint density at radius 1 is 0.967 bits per heavy atom. The van der Waals surface area contributed by atoms with Crippen LogP contribution in [0.1, 0.15) is 30.5 Å². The summed E-state index contributed by atoms with van der Waals surface area (Å²) in [6.45, 7) is 4.02. The van der Waals surface area contributed by atoms with Crippen LogP contribution in [0.5, 0.6) is 0 Å². The molecule has 30 heavy (non-hydrogen) atoms. The van der Waals surface area contributed by atoms with Crippen LogP contribution in [0, 0.1) is 6.92 Å². The van der Waals surface area contributed by atoms with Crippen molar-refractivity contribution in [1.29, 1.82) is 0 Å². The fourth-order valence-electron chi connectivity index (χ4n) is 3.59. The third-order valence-corrected chi connectivity index (χ3v) is 5.16. The van der Waals surface area contributed by atoms with Gasteiger partial charge in [-0.1, -0.05) is 30.3 Å². The standard InChI is InChI=1S/C24H27N5O/c1-18-17-22(28-24(25-18)29-15-5-6-16-29)26-20-10-12-21(13-11-20)27-23(30)14-9-19-7-3-2-4-8-19/h2-4,7-8,10-13,17H,5-6,9,14-16H2,1H3,(H,27,30)(H,25,26,28). The number of hydrogen-bond donors (Lipinski definition) is 2. The summed E-state index contributed by atoms with van der Waals surface area (Å²) in [5, 5.41) is 6.30. The van der Waals surface area contributed by atoms with Gasteiger partial charge >= 0.3 is 0 Å². The molecule has 1 saturated heterocycles. The Bertz CT molecular complexity index is 982. The number of hydrogen-bond acceptors (Lipinski definition) is 5. The van der Waals surface area contributed by atoms with Gasteiger partial charge in [0, 0.05) is 42.6 Å². The maximum absolute atomic E-state index is 12.2. The van der Waals surface area contributed by atoms with Crippen molar-refractivity contribution in [1.82, 2.24) is 9.97 Å². The molecule has 4 rings (SSSR count). The smallest absolute Gasteiger partial charge is 0.227 e. The van der Waals surface area contributed by atoms with Crippen LogP contribution in [0.4, 0.5) is 23.1 Å². The van der Waals surface area contributed by atoms with E-state index in [4.69, 9.17) is 0 Å². The minimum Gasteiger partial charge on any atom is -0.341 e. The Kier molecular flexibility index (Phi) is 6.23. The van der Waals surface area contributed by atoms with Crippen molar-refractivity contribution in [3.05, 3.63) is 71.9 Å². The zero-order chi connectivity index (χ0) is 20.8. The highest BCUT2D eigenvalue weighted by Gasteiger charge is 2.16. The molecule has 0 bridgehead atoms. The molecule has 0 unspecified atom stereocenters. The molecular formula is C24H27N5O. The number of rotatable bonds is 7. The molecule has 3 aromatic rings. The second kappa shape index (κ2) is 9.39. The number of aromatic nitrogens is 2. The van der Waals surface area contributed by atoms with Gasteiger partial charge in [-0.3, -0.25) is 4.79 Å². The molecule has 2 aromatic carbocycles. The van der Waals surface area contributed by atoms with E-state index in [0.717, 1.165) is 48.3 Å². The highest BCUT2D eigenvalue weighted by Crippen LogP contribution is 2.22. The molecule has 6 heteroatoms. The molecule has 154 valence electrons. The van der Waals surface area contributed by atoms with Crippen LogP contribution in [-0.4, -0.2) is 29.0 Å². The predicted octanol–water partition coefficient (Wildman–Crippen LogP) is 4.70. The van der Waals surface area contributed by atoms with Crippen molar-refractivity contribution in [3.8, 4) is 0 Å². The van der Waals surface area contributed by atoms with Crippen molar-refractivity contribution < 1.29 is 4.79 Å². The summed E-state index contributed by atoms with van der Waals surface area (Å²) in [6.07, 6.45) is 3.58. The van der Waals surface area contributed by atoms with Crippen LogP contribution >= 0.6 is 0 Å². The summed E-state index contributed by atoms with van der Waals surface area (Å²) < 4.78 is 0. The fraction of sp³-hybridized carbons (Fsp3) is 0.292. The van der Waals surface area contributed by atoms with Crippen molar-refractivity contribution >= 4 is 29.0 Å². The van der Waals surface area contributed by atoms with E-state index in [-0.39, 0.29) is 5.91 Å². The van der Waals surface area contributed by atoms with Crippen LogP contribution in [0.25, 0.3) is 0 Å². The maximum Gasteiger partial charge on any atom is 0.227 e. The van der Waals surface area contributed by atoms with Crippen LogP contribution in [0.15, 0.2) is 60.7 Å². The van der Waals surface area contributed by atoms with Crippen LogP contribution in [-0.2, 0) is 11.2 Å². The van der Waals surface area contributed by atoms with Gasteiger partial charge in [0.15, 0.2) is 0 Å². The van der Waals surface area contributed by atoms with Gasteiger partial charge < -0.3 is 15.5 Å². The van der Waals surface area contributed by atoms with E-state index in [1.165, 1.54) is 18.4 Å². The summed E-state index contributed by atoms with van der Waals surface area (Å²) in [7, 11) is 0. The first-order valence-electron chi connectivity index (χ1n) is 10.5. The molecule has 0 saturated carbocycles. The van der Waals surface area contributed by atoms with Crippen LogP contribution in [0.3, 0.4) is 0 Å². The monoisotopic (exact) mass is 401 g/mol. The first kappa shape index (κ1) is 19.9. The van der Waals surface area contributed by atoms with E-state index < -0.39 is 0 Å². The molecule has 1 amide bonds. The summed E-state index contributed by atoms with van der Waals surface area (Å²) in [6, 6.07) is 19.7. The molecule has 1 aliphatic heterocycles. The zero-order valence-corrected chi connectivity index (χ0v) is 17.3. The number of benzene rings is 2. The van der Waals surface area contributed by atoms with Crippen molar-refractivity contribution in [2.45, 2.75) is 32.6 Å². The van der Waals surface area contributed by atoms with E-state index in [2.05, 4.69) is 25.5 Å². The lowest BCUT2D eigenvalue weighted by Gasteiger charge is -2.17. The van der Waals surface area contributed by atoms with Gasteiger partial charge in [-0.2, -0.15) is 4.98 Å². The summed E-state index contributed by atoms with van der Waals surface area (Å²) in [5.41, 5.74) is 3.82. The molecule has 1 fully saturated rings. The summed E-state index contributed by atoms with van der Waals surface area (Å²) in [4.78, 5) is 23.7. The summed E-state index contributed by atoms with van der Waals surface area (Å²) in [5.74, 6) is 1.59.